The lowest BCUT2D eigenvalue weighted by Crippen LogP contribution is -2.25. The lowest BCUT2D eigenvalue weighted by molar-refractivity contribution is 0.0751. The molecule has 4 heteroatoms. The van der Waals surface area contributed by atoms with Gasteiger partial charge in [-0.05, 0) is 35.4 Å². The Morgan fingerprint density at radius 1 is 1.22 bits per heavy atom. The van der Waals surface area contributed by atoms with Crippen molar-refractivity contribution in [3.8, 4) is 0 Å². The van der Waals surface area contributed by atoms with Crippen LogP contribution in [-0.4, -0.2) is 15.8 Å². The van der Waals surface area contributed by atoms with Gasteiger partial charge >= 0.3 is 0 Å². The third-order valence-electron chi connectivity index (χ3n) is 3.15. The molecule has 2 aromatic rings. The minimum absolute atomic E-state index is 0.0119. The third-order valence-corrected chi connectivity index (χ3v) is 3.15. The summed E-state index contributed by atoms with van der Waals surface area (Å²) in [7, 11) is 0. The van der Waals surface area contributed by atoms with Gasteiger partial charge in [-0.3, -0.25) is 9.78 Å². The predicted molar refractivity (Wildman–Crippen MR) is 68.7 cm³/mol. The fraction of sp³-hybridized carbons (Fsp3) is 0.143. The molecule has 1 amide bonds. The van der Waals surface area contributed by atoms with Crippen molar-refractivity contribution in [3.05, 3.63) is 59.4 Å². The smallest absolute Gasteiger partial charge is 0.256 e. The summed E-state index contributed by atoms with van der Waals surface area (Å²) in [5, 5.41) is 0. The first-order valence-electron chi connectivity index (χ1n) is 5.80. The summed E-state index contributed by atoms with van der Waals surface area (Å²) in [6, 6.07) is 9.35. The van der Waals surface area contributed by atoms with E-state index in [4.69, 9.17) is 5.73 Å². The van der Waals surface area contributed by atoms with E-state index < -0.39 is 0 Å². The van der Waals surface area contributed by atoms with E-state index in [1.807, 2.05) is 18.2 Å². The molecule has 2 N–H and O–H groups in total. The van der Waals surface area contributed by atoms with Crippen LogP contribution in [0.3, 0.4) is 0 Å². The van der Waals surface area contributed by atoms with Crippen LogP contribution in [0.5, 0.6) is 0 Å². The molecule has 1 aliphatic rings. The number of carbonyl (C=O) groups is 1. The zero-order valence-corrected chi connectivity index (χ0v) is 9.84. The molecule has 0 spiro atoms. The Balaban J connectivity index is 1.84. The van der Waals surface area contributed by atoms with E-state index in [0.717, 1.165) is 11.3 Å². The van der Waals surface area contributed by atoms with Gasteiger partial charge in [-0.2, -0.15) is 0 Å². The third kappa shape index (κ3) is 1.82. The lowest BCUT2D eigenvalue weighted by atomic mass is 10.1. The van der Waals surface area contributed by atoms with Crippen molar-refractivity contribution in [2.24, 2.45) is 0 Å². The van der Waals surface area contributed by atoms with E-state index in [-0.39, 0.29) is 5.91 Å². The highest BCUT2D eigenvalue weighted by Crippen LogP contribution is 2.25. The van der Waals surface area contributed by atoms with Crippen LogP contribution in [0, 0.1) is 0 Å². The van der Waals surface area contributed by atoms with Crippen LogP contribution >= 0.6 is 0 Å². The SMILES string of the molecule is Nc1ccc2c(c1)CN(C(=O)c1cccnc1)C2. The van der Waals surface area contributed by atoms with Gasteiger partial charge in [0.05, 0.1) is 5.56 Å². The summed E-state index contributed by atoms with van der Waals surface area (Å²) < 4.78 is 0. The number of benzene rings is 1. The molecule has 1 aliphatic heterocycles. The minimum atomic E-state index is 0.0119. The van der Waals surface area contributed by atoms with Gasteiger partial charge in [0, 0.05) is 31.2 Å². The van der Waals surface area contributed by atoms with Gasteiger partial charge in [-0.1, -0.05) is 6.07 Å². The van der Waals surface area contributed by atoms with Crippen LogP contribution in [0.4, 0.5) is 5.69 Å². The van der Waals surface area contributed by atoms with E-state index in [1.54, 1.807) is 29.4 Å². The van der Waals surface area contributed by atoms with E-state index in [2.05, 4.69) is 4.98 Å². The molecular formula is C14H13N3O. The zero-order chi connectivity index (χ0) is 12.5. The molecule has 0 atom stereocenters. The van der Waals surface area contributed by atoms with Crippen LogP contribution in [0.2, 0.25) is 0 Å². The Bertz CT molecular complexity index is 595. The molecule has 1 aromatic heterocycles. The normalized spacial score (nSPS) is 13.4. The number of amides is 1. The summed E-state index contributed by atoms with van der Waals surface area (Å²) in [6.45, 7) is 1.26. The number of hydrogen-bond acceptors (Lipinski definition) is 3. The molecule has 2 heterocycles. The first-order valence-corrected chi connectivity index (χ1v) is 5.80. The van der Waals surface area contributed by atoms with E-state index in [9.17, 15) is 4.79 Å². The van der Waals surface area contributed by atoms with Crippen molar-refractivity contribution < 1.29 is 4.79 Å². The molecule has 0 radical (unpaired) electrons. The number of nitrogens with zero attached hydrogens (tertiary/aromatic N) is 2. The van der Waals surface area contributed by atoms with Crippen LogP contribution < -0.4 is 5.73 Å². The highest BCUT2D eigenvalue weighted by molar-refractivity contribution is 5.94. The number of anilines is 1. The predicted octanol–water partition coefficient (Wildman–Crippen LogP) is 1.82. The summed E-state index contributed by atoms with van der Waals surface area (Å²) in [5.74, 6) is 0.0119. The maximum absolute atomic E-state index is 12.3. The van der Waals surface area contributed by atoms with Crippen molar-refractivity contribution in [1.82, 2.24) is 9.88 Å². The highest BCUT2D eigenvalue weighted by atomic mass is 16.2. The van der Waals surface area contributed by atoms with Gasteiger partial charge in [-0.15, -0.1) is 0 Å². The van der Waals surface area contributed by atoms with Crippen LogP contribution in [-0.2, 0) is 13.1 Å². The topological polar surface area (TPSA) is 59.2 Å². The van der Waals surface area contributed by atoms with Crippen molar-refractivity contribution in [2.75, 3.05) is 5.73 Å². The molecule has 0 fully saturated rings. The number of carbonyl (C=O) groups excluding carboxylic acids is 1. The monoisotopic (exact) mass is 239 g/mol. The summed E-state index contributed by atoms with van der Waals surface area (Å²) in [6.07, 6.45) is 3.26. The highest BCUT2D eigenvalue weighted by Gasteiger charge is 2.24. The Labute approximate surface area is 105 Å². The van der Waals surface area contributed by atoms with E-state index in [1.165, 1.54) is 5.56 Å². The number of rotatable bonds is 1. The second-order valence-electron chi connectivity index (χ2n) is 4.43. The summed E-state index contributed by atoms with van der Waals surface area (Å²) in [4.78, 5) is 18.0. The fourth-order valence-electron chi connectivity index (χ4n) is 2.23. The molecule has 18 heavy (non-hydrogen) atoms. The van der Waals surface area contributed by atoms with Gasteiger partial charge in [0.1, 0.15) is 0 Å². The molecule has 0 aliphatic carbocycles. The Kier molecular flexibility index (Phi) is 2.48. The quantitative estimate of drug-likeness (QED) is 0.772. The van der Waals surface area contributed by atoms with Crippen molar-refractivity contribution in [2.45, 2.75) is 13.1 Å². The number of pyridine rings is 1. The van der Waals surface area contributed by atoms with Gasteiger partial charge in [0.25, 0.3) is 5.91 Å². The molecular weight excluding hydrogens is 226 g/mol. The number of fused-ring (bicyclic) bond motifs is 1. The van der Waals surface area contributed by atoms with Crippen molar-refractivity contribution in [3.63, 3.8) is 0 Å². The van der Waals surface area contributed by atoms with Crippen LogP contribution in [0.15, 0.2) is 42.7 Å². The van der Waals surface area contributed by atoms with Gasteiger partial charge < -0.3 is 10.6 Å². The van der Waals surface area contributed by atoms with Crippen molar-refractivity contribution >= 4 is 11.6 Å². The van der Waals surface area contributed by atoms with Gasteiger partial charge in [0.2, 0.25) is 0 Å². The Morgan fingerprint density at radius 2 is 2.06 bits per heavy atom. The number of nitrogens with two attached hydrogens (primary N) is 1. The molecule has 1 aromatic carbocycles. The maximum atomic E-state index is 12.3. The fourth-order valence-corrected chi connectivity index (χ4v) is 2.23. The lowest BCUT2D eigenvalue weighted by Gasteiger charge is -2.14. The molecule has 0 bridgehead atoms. The molecule has 0 saturated heterocycles. The maximum Gasteiger partial charge on any atom is 0.256 e. The molecule has 90 valence electrons. The summed E-state index contributed by atoms with van der Waals surface area (Å²) in [5.41, 5.74) is 9.41. The minimum Gasteiger partial charge on any atom is -0.399 e. The Hall–Kier alpha value is -2.36. The molecule has 0 saturated carbocycles. The first-order chi connectivity index (χ1) is 8.74. The van der Waals surface area contributed by atoms with Crippen LogP contribution in [0.1, 0.15) is 21.5 Å². The number of aromatic nitrogens is 1. The van der Waals surface area contributed by atoms with E-state index in [0.29, 0.717) is 18.7 Å². The Morgan fingerprint density at radius 3 is 2.83 bits per heavy atom. The van der Waals surface area contributed by atoms with Crippen LogP contribution in [0.25, 0.3) is 0 Å². The van der Waals surface area contributed by atoms with Gasteiger partial charge in [-0.25, -0.2) is 0 Å². The summed E-state index contributed by atoms with van der Waals surface area (Å²) >= 11 is 0. The second kappa shape index (κ2) is 4.14. The zero-order valence-electron chi connectivity index (χ0n) is 9.84. The second-order valence-corrected chi connectivity index (χ2v) is 4.43. The number of hydrogen-bond donors (Lipinski definition) is 1. The largest absolute Gasteiger partial charge is 0.399 e. The average molecular weight is 239 g/mol. The molecule has 3 rings (SSSR count). The molecule has 4 nitrogen and oxygen atoms in total. The average Bonchev–Trinajstić information content (AvgIpc) is 2.81. The number of nitrogen functional groups attached to an aromatic ring is 1. The van der Waals surface area contributed by atoms with Gasteiger partial charge in [0.15, 0.2) is 0 Å². The first kappa shape index (κ1) is 10.8. The molecule has 0 unspecified atom stereocenters. The van der Waals surface area contributed by atoms with E-state index >= 15 is 0 Å². The van der Waals surface area contributed by atoms with Crippen molar-refractivity contribution in [1.29, 1.82) is 0 Å². The standard InChI is InChI=1S/C14H13N3O/c15-13-4-3-11-8-17(9-12(11)6-13)14(18)10-2-1-5-16-7-10/h1-7H,8-9,15H2.